The lowest BCUT2D eigenvalue weighted by atomic mass is 10.1. The summed E-state index contributed by atoms with van der Waals surface area (Å²) in [4.78, 5) is 16.5. The highest BCUT2D eigenvalue weighted by Gasteiger charge is 2.14. The Kier molecular flexibility index (Phi) is 5.77. The number of aryl methyl sites for hydroxylation is 1. The van der Waals surface area contributed by atoms with Gasteiger partial charge >= 0.3 is 0 Å². The van der Waals surface area contributed by atoms with Gasteiger partial charge in [0, 0.05) is 11.8 Å². The van der Waals surface area contributed by atoms with Gasteiger partial charge in [-0.15, -0.1) is 0 Å². The standard InChI is InChI=1S/C24H19N3O3S/c1-15-7-10-19-21(13-15)30-23(26-19)18-14-17(9-11-20(18)28)25-24(31)27-22(29)12-8-16-5-3-2-4-6-16/h2-14,28H,1H3,(H2,25,27,29,31)/b12-8+. The number of aromatic hydroxyl groups is 1. The Hall–Kier alpha value is -3.97. The Balaban J connectivity index is 1.47. The van der Waals surface area contributed by atoms with Gasteiger partial charge in [0.1, 0.15) is 11.3 Å². The van der Waals surface area contributed by atoms with Crippen molar-refractivity contribution in [3.8, 4) is 17.2 Å². The van der Waals surface area contributed by atoms with Gasteiger partial charge < -0.3 is 14.8 Å². The summed E-state index contributed by atoms with van der Waals surface area (Å²) in [5.74, 6) is -0.0354. The van der Waals surface area contributed by atoms with Gasteiger partial charge in [0.15, 0.2) is 10.7 Å². The minimum Gasteiger partial charge on any atom is -0.507 e. The number of hydrogen-bond donors (Lipinski definition) is 3. The van der Waals surface area contributed by atoms with Crippen LogP contribution in [0.15, 0.2) is 77.2 Å². The van der Waals surface area contributed by atoms with Crippen molar-refractivity contribution in [2.75, 3.05) is 5.32 Å². The van der Waals surface area contributed by atoms with Crippen LogP contribution >= 0.6 is 12.2 Å². The van der Waals surface area contributed by atoms with Crippen LogP contribution in [0.1, 0.15) is 11.1 Å². The monoisotopic (exact) mass is 429 g/mol. The van der Waals surface area contributed by atoms with Crippen LogP contribution in [-0.4, -0.2) is 21.1 Å². The molecule has 0 fully saturated rings. The molecule has 4 rings (SSSR count). The van der Waals surface area contributed by atoms with Gasteiger partial charge in [0.25, 0.3) is 0 Å². The maximum atomic E-state index is 12.1. The lowest BCUT2D eigenvalue weighted by Crippen LogP contribution is -2.32. The summed E-state index contributed by atoms with van der Waals surface area (Å²) < 4.78 is 5.80. The van der Waals surface area contributed by atoms with Crippen LogP contribution in [-0.2, 0) is 4.79 Å². The van der Waals surface area contributed by atoms with Crippen molar-refractivity contribution in [2.45, 2.75) is 6.92 Å². The molecule has 1 heterocycles. The number of anilines is 1. The smallest absolute Gasteiger partial charge is 0.250 e. The van der Waals surface area contributed by atoms with Crippen molar-refractivity contribution in [2.24, 2.45) is 0 Å². The molecule has 31 heavy (non-hydrogen) atoms. The molecule has 0 aliphatic heterocycles. The van der Waals surface area contributed by atoms with E-state index in [0.29, 0.717) is 28.2 Å². The molecule has 0 saturated heterocycles. The first kappa shape index (κ1) is 20.3. The first-order valence-corrected chi connectivity index (χ1v) is 9.94. The number of aromatic nitrogens is 1. The molecule has 3 aromatic carbocycles. The SMILES string of the molecule is Cc1ccc2nc(-c3cc(NC(=S)NC(=O)/C=C/c4ccccc4)ccc3O)oc2c1. The van der Waals surface area contributed by atoms with Gasteiger partial charge in [-0.1, -0.05) is 36.4 Å². The quantitative estimate of drug-likeness (QED) is 0.239. The number of oxazole rings is 1. The van der Waals surface area contributed by atoms with Crippen molar-refractivity contribution in [3.63, 3.8) is 0 Å². The van der Waals surface area contributed by atoms with Crippen LogP contribution in [0.5, 0.6) is 5.75 Å². The third-order valence-electron chi connectivity index (χ3n) is 4.49. The molecule has 0 spiro atoms. The van der Waals surface area contributed by atoms with Crippen molar-refractivity contribution in [1.82, 2.24) is 10.3 Å². The number of carbonyl (C=O) groups is 1. The summed E-state index contributed by atoms with van der Waals surface area (Å²) in [6.07, 6.45) is 3.11. The fraction of sp³-hybridized carbons (Fsp3) is 0.0417. The van der Waals surface area contributed by atoms with Gasteiger partial charge in [-0.25, -0.2) is 4.98 Å². The Labute approximate surface area is 184 Å². The van der Waals surface area contributed by atoms with Crippen molar-refractivity contribution >= 4 is 46.1 Å². The van der Waals surface area contributed by atoms with Gasteiger partial charge in [0.05, 0.1) is 5.56 Å². The predicted octanol–water partition coefficient (Wildman–Crippen LogP) is 5.04. The molecule has 0 unspecified atom stereocenters. The van der Waals surface area contributed by atoms with E-state index < -0.39 is 0 Å². The molecule has 0 aliphatic rings. The van der Waals surface area contributed by atoms with Crippen LogP contribution < -0.4 is 10.6 Å². The highest BCUT2D eigenvalue weighted by Crippen LogP contribution is 2.33. The molecule has 0 saturated carbocycles. The third kappa shape index (κ3) is 4.96. The average molecular weight is 430 g/mol. The topological polar surface area (TPSA) is 87.4 Å². The number of phenolic OH excluding ortho intramolecular Hbond substituents is 1. The lowest BCUT2D eigenvalue weighted by molar-refractivity contribution is -0.115. The molecule has 6 nitrogen and oxygen atoms in total. The molecule has 154 valence electrons. The zero-order valence-corrected chi connectivity index (χ0v) is 17.4. The van der Waals surface area contributed by atoms with Crippen LogP contribution in [0.3, 0.4) is 0 Å². The lowest BCUT2D eigenvalue weighted by Gasteiger charge is -2.10. The zero-order chi connectivity index (χ0) is 21.8. The molecule has 4 aromatic rings. The second kappa shape index (κ2) is 8.81. The molecule has 0 atom stereocenters. The molecule has 3 N–H and O–H groups in total. The molecule has 0 aliphatic carbocycles. The van der Waals surface area contributed by atoms with E-state index in [-0.39, 0.29) is 16.8 Å². The minimum absolute atomic E-state index is 0.0228. The van der Waals surface area contributed by atoms with E-state index in [1.165, 1.54) is 12.1 Å². The number of amides is 1. The van der Waals surface area contributed by atoms with Crippen LogP contribution in [0, 0.1) is 6.92 Å². The predicted molar refractivity (Wildman–Crippen MR) is 126 cm³/mol. The summed E-state index contributed by atoms with van der Waals surface area (Å²) in [6, 6.07) is 20.0. The van der Waals surface area contributed by atoms with Crippen LogP contribution in [0.25, 0.3) is 28.6 Å². The second-order valence-corrected chi connectivity index (χ2v) is 7.32. The molecule has 1 amide bonds. The second-order valence-electron chi connectivity index (χ2n) is 6.91. The number of rotatable bonds is 4. The van der Waals surface area contributed by atoms with E-state index in [1.54, 1.807) is 18.2 Å². The number of fused-ring (bicyclic) bond motifs is 1. The molecule has 7 heteroatoms. The number of benzene rings is 3. The third-order valence-corrected chi connectivity index (χ3v) is 4.70. The van der Waals surface area contributed by atoms with Gasteiger partial charge in [-0.3, -0.25) is 10.1 Å². The Morgan fingerprint density at radius 2 is 1.90 bits per heavy atom. The van der Waals surface area contributed by atoms with Crippen LogP contribution in [0.4, 0.5) is 5.69 Å². The van der Waals surface area contributed by atoms with Crippen LogP contribution in [0.2, 0.25) is 0 Å². The maximum absolute atomic E-state index is 12.1. The van der Waals surface area contributed by atoms with Gasteiger partial charge in [0.2, 0.25) is 11.8 Å². The Morgan fingerprint density at radius 3 is 2.71 bits per heavy atom. The normalized spacial score (nSPS) is 11.0. The molecule has 1 aromatic heterocycles. The molecule has 0 radical (unpaired) electrons. The molecule has 0 bridgehead atoms. The van der Waals surface area contributed by atoms with Gasteiger partial charge in [-0.2, -0.15) is 0 Å². The van der Waals surface area contributed by atoms with Crippen molar-refractivity contribution in [1.29, 1.82) is 0 Å². The van der Waals surface area contributed by atoms with E-state index in [9.17, 15) is 9.90 Å². The average Bonchev–Trinajstić information content (AvgIpc) is 3.17. The zero-order valence-electron chi connectivity index (χ0n) is 16.6. The number of thiocarbonyl (C=S) groups is 1. The largest absolute Gasteiger partial charge is 0.507 e. The maximum Gasteiger partial charge on any atom is 0.250 e. The number of nitrogens with zero attached hydrogens (tertiary/aromatic N) is 1. The summed E-state index contributed by atoms with van der Waals surface area (Å²) in [6.45, 7) is 1.97. The Bertz CT molecular complexity index is 1300. The van der Waals surface area contributed by atoms with Crippen molar-refractivity contribution in [3.05, 3.63) is 83.9 Å². The highest BCUT2D eigenvalue weighted by atomic mass is 32.1. The molecular weight excluding hydrogens is 410 g/mol. The van der Waals surface area contributed by atoms with Crippen molar-refractivity contribution < 1.29 is 14.3 Å². The van der Waals surface area contributed by atoms with E-state index >= 15 is 0 Å². The van der Waals surface area contributed by atoms with E-state index in [2.05, 4.69) is 15.6 Å². The Morgan fingerprint density at radius 1 is 1.10 bits per heavy atom. The summed E-state index contributed by atoms with van der Waals surface area (Å²) in [7, 11) is 0. The van der Waals surface area contributed by atoms with Gasteiger partial charge in [-0.05, 0) is 66.7 Å². The van der Waals surface area contributed by atoms with E-state index in [1.807, 2.05) is 55.5 Å². The number of carbonyl (C=O) groups excluding carboxylic acids is 1. The molecular formula is C24H19N3O3S. The van der Waals surface area contributed by atoms with E-state index in [4.69, 9.17) is 16.6 Å². The fourth-order valence-electron chi connectivity index (χ4n) is 2.98. The summed E-state index contributed by atoms with van der Waals surface area (Å²) in [5, 5.41) is 15.9. The van der Waals surface area contributed by atoms with E-state index in [0.717, 1.165) is 11.1 Å². The first-order chi connectivity index (χ1) is 15.0. The summed E-state index contributed by atoms with van der Waals surface area (Å²) in [5.41, 5.74) is 4.29. The number of phenols is 1. The summed E-state index contributed by atoms with van der Waals surface area (Å²) >= 11 is 5.22. The highest BCUT2D eigenvalue weighted by molar-refractivity contribution is 7.80. The minimum atomic E-state index is -0.352. The first-order valence-electron chi connectivity index (χ1n) is 9.53. The number of hydrogen-bond acceptors (Lipinski definition) is 5. The fourth-order valence-corrected chi connectivity index (χ4v) is 3.20. The number of nitrogens with one attached hydrogen (secondary N) is 2.